The first kappa shape index (κ1) is 22.8. The number of rotatable bonds is 7. The summed E-state index contributed by atoms with van der Waals surface area (Å²) in [4.78, 5) is 9.32. The van der Waals surface area contributed by atoms with E-state index in [1.54, 1.807) is 25.3 Å². The third-order valence-electron chi connectivity index (χ3n) is 5.21. The van der Waals surface area contributed by atoms with Crippen molar-refractivity contribution in [3.05, 3.63) is 76.8 Å². The summed E-state index contributed by atoms with van der Waals surface area (Å²) in [6, 6.07) is 17.1. The first-order chi connectivity index (χ1) is 15.8. The Hall–Kier alpha value is -3.36. The van der Waals surface area contributed by atoms with Crippen molar-refractivity contribution in [3.8, 4) is 5.75 Å². The van der Waals surface area contributed by atoms with Crippen molar-refractivity contribution in [2.24, 2.45) is 0 Å². The van der Waals surface area contributed by atoms with Crippen molar-refractivity contribution >= 4 is 50.0 Å². The Morgan fingerprint density at radius 3 is 2.39 bits per heavy atom. The van der Waals surface area contributed by atoms with Gasteiger partial charge in [-0.05, 0) is 60.9 Å². The maximum atomic E-state index is 13.1. The summed E-state index contributed by atoms with van der Waals surface area (Å²) in [5, 5.41) is 3.76. The van der Waals surface area contributed by atoms with Crippen LogP contribution in [0.5, 0.6) is 5.75 Å². The molecule has 170 valence electrons. The molecule has 7 nitrogen and oxygen atoms in total. The fourth-order valence-electron chi connectivity index (χ4n) is 3.44. The molecule has 4 rings (SSSR count). The van der Waals surface area contributed by atoms with Gasteiger partial charge in [0.25, 0.3) is 10.0 Å². The third kappa shape index (κ3) is 4.86. The van der Waals surface area contributed by atoms with E-state index in [1.165, 1.54) is 24.3 Å². The second-order valence-electron chi connectivity index (χ2n) is 7.42. The third-order valence-corrected chi connectivity index (χ3v) is 6.82. The molecule has 1 heterocycles. The van der Waals surface area contributed by atoms with Gasteiger partial charge in [0, 0.05) is 16.8 Å². The van der Waals surface area contributed by atoms with Gasteiger partial charge in [-0.15, -0.1) is 0 Å². The minimum Gasteiger partial charge on any atom is -0.497 e. The maximum Gasteiger partial charge on any atom is 0.263 e. The van der Waals surface area contributed by atoms with E-state index in [2.05, 4.69) is 26.9 Å². The standard InChI is InChI=1S/C24H23ClN4O3S/c1-4-16-7-5-6-15(2)22(16)28-23-24(26-20-13-10-18(32-3)14-21(20)27-23)29-33(30,31)19-11-8-17(25)9-12-19/h5-14H,4H2,1-3H3,(H,26,29)(H,27,28). The van der Waals surface area contributed by atoms with Gasteiger partial charge in [0.15, 0.2) is 11.6 Å². The minimum atomic E-state index is -3.93. The van der Waals surface area contributed by atoms with Gasteiger partial charge in [0.1, 0.15) is 5.75 Å². The summed E-state index contributed by atoms with van der Waals surface area (Å²) < 4.78 is 34.0. The van der Waals surface area contributed by atoms with Gasteiger partial charge in [-0.3, -0.25) is 4.72 Å². The number of fused-ring (bicyclic) bond motifs is 1. The summed E-state index contributed by atoms with van der Waals surface area (Å²) >= 11 is 5.91. The molecular weight excluding hydrogens is 460 g/mol. The first-order valence-corrected chi connectivity index (χ1v) is 12.2. The lowest BCUT2D eigenvalue weighted by Gasteiger charge is -2.17. The van der Waals surface area contributed by atoms with E-state index in [-0.39, 0.29) is 16.5 Å². The van der Waals surface area contributed by atoms with Crippen molar-refractivity contribution < 1.29 is 13.2 Å². The van der Waals surface area contributed by atoms with Crippen molar-refractivity contribution in [2.75, 3.05) is 17.1 Å². The average Bonchev–Trinajstić information content (AvgIpc) is 2.80. The Kier molecular flexibility index (Phi) is 6.40. The summed E-state index contributed by atoms with van der Waals surface area (Å²) in [6.45, 7) is 4.04. The molecule has 0 saturated heterocycles. The Bertz CT molecular complexity index is 1420. The zero-order valence-electron chi connectivity index (χ0n) is 18.4. The molecule has 2 N–H and O–H groups in total. The molecular formula is C24H23ClN4O3S. The number of ether oxygens (including phenoxy) is 1. The topological polar surface area (TPSA) is 93.2 Å². The van der Waals surface area contributed by atoms with Gasteiger partial charge in [-0.2, -0.15) is 0 Å². The van der Waals surface area contributed by atoms with E-state index < -0.39 is 10.0 Å². The smallest absolute Gasteiger partial charge is 0.263 e. The molecule has 0 unspecified atom stereocenters. The Morgan fingerprint density at radius 2 is 1.70 bits per heavy atom. The van der Waals surface area contributed by atoms with Crippen LogP contribution in [0.4, 0.5) is 17.3 Å². The summed E-state index contributed by atoms with van der Waals surface area (Å²) in [5.74, 6) is 1.01. The second-order valence-corrected chi connectivity index (χ2v) is 9.54. The van der Waals surface area contributed by atoms with Crippen molar-refractivity contribution in [3.63, 3.8) is 0 Å². The van der Waals surface area contributed by atoms with Crippen LogP contribution in [0.3, 0.4) is 0 Å². The molecule has 33 heavy (non-hydrogen) atoms. The van der Waals surface area contributed by atoms with Gasteiger partial charge in [-0.25, -0.2) is 18.4 Å². The maximum absolute atomic E-state index is 13.1. The van der Waals surface area contributed by atoms with Crippen LogP contribution in [0.25, 0.3) is 11.0 Å². The van der Waals surface area contributed by atoms with Crippen molar-refractivity contribution in [1.29, 1.82) is 0 Å². The Balaban J connectivity index is 1.84. The zero-order chi connectivity index (χ0) is 23.6. The molecule has 0 atom stereocenters. The van der Waals surface area contributed by atoms with Crippen LogP contribution in [0.1, 0.15) is 18.1 Å². The lowest BCUT2D eigenvalue weighted by Crippen LogP contribution is -2.16. The van der Waals surface area contributed by atoms with Crippen LogP contribution < -0.4 is 14.8 Å². The molecule has 1 aromatic heterocycles. The number of hydrogen-bond donors (Lipinski definition) is 2. The SMILES string of the molecule is CCc1cccc(C)c1Nc1nc2cc(OC)ccc2nc1NS(=O)(=O)c1ccc(Cl)cc1. The second kappa shape index (κ2) is 9.25. The average molecular weight is 483 g/mol. The Morgan fingerprint density at radius 1 is 0.970 bits per heavy atom. The minimum absolute atomic E-state index is 0.0691. The number of nitrogens with one attached hydrogen (secondary N) is 2. The highest BCUT2D eigenvalue weighted by atomic mass is 35.5. The number of sulfonamides is 1. The molecule has 0 bridgehead atoms. The number of hydrogen-bond acceptors (Lipinski definition) is 6. The zero-order valence-corrected chi connectivity index (χ0v) is 20.0. The van der Waals surface area contributed by atoms with Crippen LogP contribution in [-0.4, -0.2) is 25.5 Å². The molecule has 0 aliphatic rings. The lowest BCUT2D eigenvalue weighted by molar-refractivity contribution is 0.415. The molecule has 4 aromatic rings. The molecule has 9 heteroatoms. The predicted octanol–water partition coefficient (Wildman–Crippen LogP) is 5.71. The fraction of sp³-hybridized carbons (Fsp3) is 0.167. The summed E-state index contributed by atoms with van der Waals surface area (Å²) in [7, 11) is -2.36. The van der Waals surface area contributed by atoms with Gasteiger partial charge >= 0.3 is 0 Å². The van der Waals surface area contributed by atoms with Crippen molar-refractivity contribution in [1.82, 2.24) is 9.97 Å². The number of methoxy groups -OCH3 is 1. The molecule has 0 radical (unpaired) electrons. The summed E-state index contributed by atoms with van der Waals surface area (Å²) in [6.07, 6.45) is 0.796. The largest absolute Gasteiger partial charge is 0.497 e. The monoisotopic (exact) mass is 482 g/mol. The molecule has 0 aliphatic heterocycles. The van der Waals surface area contributed by atoms with Crippen LogP contribution in [0.2, 0.25) is 5.02 Å². The van der Waals surface area contributed by atoms with E-state index in [9.17, 15) is 8.42 Å². The van der Waals surface area contributed by atoms with Crippen molar-refractivity contribution in [2.45, 2.75) is 25.2 Å². The number of aromatic nitrogens is 2. The van der Waals surface area contributed by atoms with Gasteiger partial charge < -0.3 is 10.1 Å². The van der Waals surface area contributed by atoms with Crippen LogP contribution in [0.15, 0.2) is 65.6 Å². The number of halogens is 1. The highest BCUT2D eigenvalue weighted by Crippen LogP contribution is 2.31. The Labute approximate surface area is 197 Å². The number of para-hydroxylation sites is 1. The number of anilines is 3. The predicted molar refractivity (Wildman–Crippen MR) is 132 cm³/mol. The van der Waals surface area contributed by atoms with E-state index in [4.69, 9.17) is 16.3 Å². The molecule has 0 spiro atoms. The fourth-order valence-corrected chi connectivity index (χ4v) is 4.57. The molecule has 3 aromatic carbocycles. The highest BCUT2D eigenvalue weighted by Gasteiger charge is 2.20. The molecule has 0 saturated carbocycles. The summed E-state index contributed by atoms with van der Waals surface area (Å²) in [5.41, 5.74) is 4.04. The van der Waals surface area contributed by atoms with Gasteiger partial charge in [0.05, 0.1) is 23.0 Å². The molecule has 0 fully saturated rings. The van der Waals surface area contributed by atoms with E-state index in [0.717, 1.165) is 23.2 Å². The first-order valence-electron chi connectivity index (χ1n) is 10.3. The van der Waals surface area contributed by atoms with Gasteiger partial charge in [0.2, 0.25) is 0 Å². The van der Waals surface area contributed by atoms with E-state index >= 15 is 0 Å². The quantitative estimate of drug-likeness (QED) is 0.350. The number of nitrogens with zero attached hydrogens (tertiary/aromatic N) is 2. The normalized spacial score (nSPS) is 11.4. The van der Waals surface area contributed by atoms with Crippen LogP contribution in [-0.2, 0) is 16.4 Å². The number of benzene rings is 3. The molecule has 0 amide bonds. The molecule has 0 aliphatic carbocycles. The van der Waals surface area contributed by atoms with Crippen LogP contribution >= 0.6 is 11.6 Å². The van der Waals surface area contributed by atoms with E-state index in [0.29, 0.717) is 21.8 Å². The van der Waals surface area contributed by atoms with Gasteiger partial charge in [-0.1, -0.05) is 36.7 Å². The lowest BCUT2D eigenvalue weighted by atomic mass is 10.1. The number of aryl methyl sites for hydroxylation is 2. The van der Waals surface area contributed by atoms with Crippen LogP contribution in [0, 0.1) is 6.92 Å². The highest BCUT2D eigenvalue weighted by molar-refractivity contribution is 7.92. The van der Waals surface area contributed by atoms with E-state index in [1.807, 2.05) is 25.1 Å².